The second kappa shape index (κ2) is 6.01. The van der Waals surface area contributed by atoms with E-state index in [4.69, 9.17) is 0 Å². The van der Waals surface area contributed by atoms with Gasteiger partial charge in [0.25, 0.3) is 0 Å². The second-order valence-electron chi connectivity index (χ2n) is 4.33. The lowest BCUT2D eigenvalue weighted by Crippen LogP contribution is -2.08. The van der Waals surface area contributed by atoms with Crippen LogP contribution in [0.4, 0.5) is 0 Å². The molecular weight excluding hydrogens is 156 g/mol. The molecule has 0 aromatic carbocycles. The van der Waals surface area contributed by atoms with Crippen molar-refractivity contribution in [1.82, 2.24) is 0 Å². The minimum atomic E-state index is 0.515. The van der Waals surface area contributed by atoms with Crippen molar-refractivity contribution < 1.29 is 0 Å². The molecule has 0 N–H and O–H groups in total. The van der Waals surface area contributed by atoms with Crippen molar-refractivity contribution >= 4 is 0 Å². The SMILES string of the molecule is C=CC(CC)C(=C)CC(C)C(C)C. The van der Waals surface area contributed by atoms with Gasteiger partial charge in [-0.2, -0.15) is 0 Å². The van der Waals surface area contributed by atoms with Crippen LogP contribution in [0.15, 0.2) is 24.8 Å². The Morgan fingerprint density at radius 2 is 1.85 bits per heavy atom. The molecular formula is C13H24. The average Bonchev–Trinajstić information content (AvgIpc) is 2.06. The van der Waals surface area contributed by atoms with E-state index in [1.54, 1.807) is 0 Å². The molecule has 76 valence electrons. The van der Waals surface area contributed by atoms with Crippen LogP contribution >= 0.6 is 0 Å². The Balaban J connectivity index is 4.05. The van der Waals surface area contributed by atoms with Crippen molar-refractivity contribution in [2.45, 2.75) is 40.5 Å². The average molecular weight is 180 g/mol. The molecule has 0 fully saturated rings. The third kappa shape index (κ3) is 4.31. The fraction of sp³-hybridized carbons (Fsp3) is 0.692. The smallest absolute Gasteiger partial charge is 0.00312 e. The van der Waals surface area contributed by atoms with Gasteiger partial charge < -0.3 is 0 Å². The van der Waals surface area contributed by atoms with E-state index < -0.39 is 0 Å². The number of allylic oxidation sites excluding steroid dienone is 2. The summed E-state index contributed by atoms with van der Waals surface area (Å²) in [7, 11) is 0. The van der Waals surface area contributed by atoms with Crippen LogP contribution in [0.1, 0.15) is 40.5 Å². The van der Waals surface area contributed by atoms with Gasteiger partial charge >= 0.3 is 0 Å². The summed E-state index contributed by atoms with van der Waals surface area (Å²) in [5, 5.41) is 0. The molecule has 0 aliphatic heterocycles. The second-order valence-corrected chi connectivity index (χ2v) is 4.33. The monoisotopic (exact) mass is 180 g/mol. The Hall–Kier alpha value is -0.520. The molecule has 0 aliphatic carbocycles. The van der Waals surface area contributed by atoms with Gasteiger partial charge in [0.2, 0.25) is 0 Å². The summed E-state index contributed by atoms with van der Waals surface area (Å²) in [6.45, 7) is 17.0. The van der Waals surface area contributed by atoms with Gasteiger partial charge in [-0.15, -0.1) is 6.58 Å². The topological polar surface area (TPSA) is 0 Å². The summed E-state index contributed by atoms with van der Waals surface area (Å²) in [5.41, 5.74) is 1.35. The van der Waals surface area contributed by atoms with E-state index in [0.29, 0.717) is 5.92 Å². The molecule has 0 heterocycles. The zero-order valence-corrected chi connectivity index (χ0v) is 9.64. The third-order valence-corrected chi connectivity index (χ3v) is 2.97. The molecule has 0 aromatic heterocycles. The summed E-state index contributed by atoms with van der Waals surface area (Å²) < 4.78 is 0. The van der Waals surface area contributed by atoms with Crippen molar-refractivity contribution in [2.75, 3.05) is 0 Å². The highest BCUT2D eigenvalue weighted by Crippen LogP contribution is 2.25. The van der Waals surface area contributed by atoms with Crippen LogP contribution < -0.4 is 0 Å². The Labute approximate surface area is 83.7 Å². The highest BCUT2D eigenvalue weighted by Gasteiger charge is 2.12. The van der Waals surface area contributed by atoms with E-state index in [1.807, 2.05) is 6.08 Å². The van der Waals surface area contributed by atoms with Gasteiger partial charge in [-0.3, -0.25) is 0 Å². The Bertz CT molecular complexity index is 165. The Morgan fingerprint density at radius 3 is 2.15 bits per heavy atom. The van der Waals surface area contributed by atoms with Crippen molar-refractivity contribution in [3.8, 4) is 0 Å². The Kier molecular flexibility index (Phi) is 5.77. The first-order chi connectivity index (χ1) is 6.02. The molecule has 2 atom stereocenters. The van der Waals surface area contributed by atoms with Crippen LogP contribution in [0.25, 0.3) is 0 Å². The van der Waals surface area contributed by atoms with Gasteiger partial charge in [-0.05, 0) is 30.6 Å². The molecule has 0 saturated heterocycles. The van der Waals surface area contributed by atoms with Crippen molar-refractivity contribution in [1.29, 1.82) is 0 Å². The first kappa shape index (κ1) is 12.5. The van der Waals surface area contributed by atoms with Gasteiger partial charge in [0.15, 0.2) is 0 Å². The fourth-order valence-electron chi connectivity index (χ4n) is 1.42. The number of hydrogen-bond acceptors (Lipinski definition) is 0. The standard InChI is InChI=1S/C13H24/c1-7-13(8-2)12(6)9-11(5)10(3)4/h7,10-11,13H,1,6,8-9H2,2-5H3. The van der Waals surface area contributed by atoms with Gasteiger partial charge in [-0.25, -0.2) is 0 Å². The van der Waals surface area contributed by atoms with Gasteiger partial charge in [0.1, 0.15) is 0 Å². The van der Waals surface area contributed by atoms with Crippen molar-refractivity contribution in [3.05, 3.63) is 24.8 Å². The lowest BCUT2D eigenvalue weighted by molar-refractivity contribution is 0.405. The minimum absolute atomic E-state index is 0.515. The molecule has 0 nitrogen and oxygen atoms in total. The molecule has 2 unspecified atom stereocenters. The molecule has 0 amide bonds. The molecule has 13 heavy (non-hydrogen) atoms. The zero-order chi connectivity index (χ0) is 10.4. The van der Waals surface area contributed by atoms with Crippen LogP contribution in [0.2, 0.25) is 0 Å². The van der Waals surface area contributed by atoms with Crippen molar-refractivity contribution in [3.63, 3.8) is 0 Å². The molecule has 0 aliphatic rings. The maximum absolute atomic E-state index is 4.15. The van der Waals surface area contributed by atoms with Crippen LogP contribution in [-0.2, 0) is 0 Å². The van der Waals surface area contributed by atoms with Crippen LogP contribution in [-0.4, -0.2) is 0 Å². The predicted molar refractivity (Wildman–Crippen MR) is 61.7 cm³/mol. The molecule has 0 heteroatoms. The quantitative estimate of drug-likeness (QED) is 0.530. The summed E-state index contributed by atoms with van der Waals surface area (Å²) in [5.74, 6) is 2.00. The van der Waals surface area contributed by atoms with Crippen LogP contribution in [0, 0.1) is 17.8 Å². The largest absolute Gasteiger partial charge is 0.102 e. The highest BCUT2D eigenvalue weighted by molar-refractivity contribution is 5.07. The highest BCUT2D eigenvalue weighted by atomic mass is 14.2. The van der Waals surface area contributed by atoms with Gasteiger partial charge in [0.05, 0.1) is 0 Å². The first-order valence-electron chi connectivity index (χ1n) is 5.33. The van der Waals surface area contributed by atoms with Crippen molar-refractivity contribution in [2.24, 2.45) is 17.8 Å². The van der Waals surface area contributed by atoms with E-state index >= 15 is 0 Å². The lowest BCUT2D eigenvalue weighted by Gasteiger charge is -2.20. The predicted octanol–water partition coefficient (Wildman–Crippen LogP) is 4.44. The zero-order valence-electron chi connectivity index (χ0n) is 9.64. The summed E-state index contributed by atoms with van der Waals surface area (Å²) in [4.78, 5) is 0. The van der Waals surface area contributed by atoms with Gasteiger partial charge in [0, 0.05) is 0 Å². The van der Waals surface area contributed by atoms with E-state index in [-0.39, 0.29) is 0 Å². The van der Waals surface area contributed by atoms with E-state index in [2.05, 4.69) is 40.9 Å². The number of hydrogen-bond donors (Lipinski definition) is 0. The third-order valence-electron chi connectivity index (χ3n) is 2.97. The molecule has 0 bridgehead atoms. The molecule has 0 saturated carbocycles. The fourth-order valence-corrected chi connectivity index (χ4v) is 1.42. The van der Waals surface area contributed by atoms with E-state index in [9.17, 15) is 0 Å². The van der Waals surface area contributed by atoms with Gasteiger partial charge in [-0.1, -0.05) is 45.9 Å². The maximum atomic E-state index is 4.15. The van der Waals surface area contributed by atoms with E-state index in [1.165, 1.54) is 5.57 Å². The summed E-state index contributed by atoms with van der Waals surface area (Å²) >= 11 is 0. The van der Waals surface area contributed by atoms with E-state index in [0.717, 1.165) is 24.7 Å². The molecule has 0 spiro atoms. The Morgan fingerprint density at radius 1 is 1.31 bits per heavy atom. The van der Waals surface area contributed by atoms with Crippen LogP contribution in [0.3, 0.4) is 0 Å². The summed E-state index contributed by atoms with van der Waals surface area (Å²) in [6, 6.07) is 0. The lowest BCUT2D eigenvalue weighted by atomic mass is 9.85. The molecule has 0 rings (SSSR count). The van der Waals surface area contributed by atoms with Crippen LogP contribution in [0.5, 0.6) is 0 Å². The minimum Gasteiger partial charge on any atom is -0.102 e. The normalized spacial score (nSPS) is 15.5. The first-order valence-corrected chi connectivity index (χ1v) is 5.33. The molecule has 0 aromatic rings. The summed E-state index contributed by atoms with van der Waals surface area (Å²) in [6.07, 6.45) is 4.30. The maximum Gasteiger partial charge on any atom is -0.00312 e. The number of rotatable bonds is 6. The molecule has 0 radical (unpaired) electrons.